The molecule has 0 aromatic carbocycles. The Morgan fingerprint density at radius 1 is 1.42 bits per heavy atom. The van der Waals surface area contributed by atoms with Crippen LogP contribution in [0.4, 0.5) is 0 Å². The van der Waals surface area contributed by atoms with E-state index in [1.807, 2.05) is 6.08 Å². The van der Waals surface area contributed by atoms with Crippen molar-refractivity contribution in [2.75, 3.05) is 6.54 Å². The highest BCUT2D eigenvalue weighted by atomic mass is 15.3. The summed E-state index contributed by atoms with van der Waals surface area (Å²) < 4.78 is 0. The van der Waals surface area contributed by atoms with E-state index in [0.29, 0.717) is 5.92 Å². The van der Waals surface area contributed by atoms with Crippen LogP contribution in [-0.2, 0) is 0 Å². The first-order chi connectivity index (χ1) is 5.74. The monoisotopic (exact) mass is 164 g/mol. The van der Waals surface area contributed by atoms with Crippen LogP contribution in [-0.4, -0.2) is 12.3 Å². The van der Waals surface area contributed by atoms with Gasteiger partial charge in [-0.1, -0.05) is 26.2 Å². The summed E-state index contributed by atoms with van der Waals surface area (Å²) in [5.74, 6) is 0.421. The predicted molar refractivity (Wildman–Crippen MR) is 55.2 cm³/mol. The van der Waals surface area contributed by atoms with Crippen LogP contribution in [0.5, 0.6) is 0 Å². The highest BCUT2D eigenvalue weighted by Gasteiger charge is 1.92. The third kappa shape index (κ3) is 4.50. The fourth-order valence-electron chi connectivity index (χ4n) is 0.539. The standard InChI is InChI=1S/C10H16N2/c1-5-9(4)8-11-12-10(6-2)7-3/h5-7,9,11H,1-3,8H2,4H3. The fraction of sp³-hybridized carbons (Fsp3) is 0.300. The maximum Gasteiger partial charge on any atom is 0.0817 e. The normalized spacial score (nSPS) is 11.1. The summed E-state index contributed by atoms with van der Waals surface area (Å²) in [4.78, 5) is 0. The number of rotatable bonds is 6. The van der Waals surface area contributed by atoms with E-state index in [-0.39, 0.29) is 0 Å². The topological polar surface area (TPSA) is 24.4 Å². The second-order valence-corrected chi connectivity index (χ2v) is 2.52. The van der Waals surface area contributed by atoms with Gasteiger partial charge in [-0.05, 0) is 18.1 Å². The van der Waals surface area contributed by atoms with Crippen LogP contribution in [0.15, 0.2) is 43.1 Å². The van der Waals surface area contributed by atoms with E-state index in [4.69, 9.17) is 0 Å². The first kappa shape index (κ1) is 10.7. The second kappa shape index (κ2) is 6.40. The van der Waals surface area contributed by atoms with E-state index in [2.05, 4.69) is 37.2 Å². The molecule has 0 radical (unpaired) electrons. The number of hydrogen-bond donors (Lipinski definition) is 1. The SMILES string of the molecule is C=CC(C=C)=NNCC(C)C=C. The Labute approximate surface area is 74.4 Å². The van der Waals surface area contributed by atoms with Gasteiger partial charge >= 0.3 is 0 Å². The summed E-state index contributed by atoms with van der Waals surface area (Å²) in [5.41, 5.74) is 3.67. The quantitative estimate of drug-likeness (QED) is 0.363. The highest BCUT2D eigenvalue weighted by molar-refractivity contribution is 6.02. The molecule has 2 heteroatoms. The van der Waals surface area contributed by atoms with Gasteiger partial charge in [0.25, 0.3) is 0 Å². The molecule has 66 valence electrons. The van der Waals surface area contributed by atoms with Gasteiger partial charge in [-0.25, -0.2) is 0 Å². The van der Waals surface area contributed by atoms with Crippen molar-refractivity contribution in [2.24, 2.45) is 11.0 Å². The Kier molecular flexibility index (Phi) is 5.70. The Hall–Kier alpha value is -1.31. The lowest BCUT2D eigenvalue weighted by molar-refractivity contribution is 0.619. The van der Waals surface area contributed by atoms with Crippen LogP contribution in [0.25, 0.3) is 0 Å². The zero-order valence-corrected chi connectivity index (χ0v) is 7.59. The molecule has 0 saturated carbocycles. The van der Waals surface area contributed by atoms with Gasteiger partial charge in [0, 0.05) is 6.54 Å². The fourth-order valence-corrected chi connectivity index (χ4v) is 0.539. The van der Waals surface area contributed by atoms with Crippen molar-refractivity contribution in [1.82, 2.24) is 5.43 Å². The number of nitrogens with zero attached hydrogens (tertiary/aromatic N) is 1. The minimum Gasteiger partial charge on any atom is -0.309 e. The van der Waals surface area contributed by atoms with Crippen molar-refractivity contribution >= 4 is 5.71 Å². The zero-order chi connectivity index (χ0) is 9.40. The van der Waals surface area contributed by atoms with Crippen molar-refractivity contribution in [3.05, 3.63) is 38.0 Å². The first-order valence-electron chi connectivity index (χ1n) is 3.92. The van der Waals surface area contributed by atoms with Crippen LogP contribution in [0.3, 0.4) is 0 Å². The molecule has 1 atom stereocenters. The summed E-state index contributed by atoms with van der Waals surface area (Å²) in [5, 5.41) is 4.03. The Bertz CT molecular complexity index is 182. The Morgan fingerprint density at radius 2 is 2.00 bits per heavy atom. The van der Waals surface area contributed by atoms with E-state index in [0.717, 1.165) is 12.3 Å². The molecule has 0 rings (SSSR count). The second-order valence-electron chi connectivity index (χ2n) is 2.52. The number of hydrogen-bond acceptors (Lipinski definition) is 2. The van der Waals surface area contributed by atoms with Gasteiger partial charge in [-0.15, -0.1) is 6.58 Å². The molecule has 0 aliphatic rings. The van der Waals surface area contributed by atoms with E-state index >= 15 is 0 Å². The third-order valence-electron chi connectivity index (χ3n) is 1.44. The number of hydrazone groups is 1. The lowest BCUT2D eigenvalue weighted by Crippen LogP contribution is -2.15. The molecule has 2 nitrogen and oxygen atoms in total. The van der Waals surface area contributed by atoms with Crippen molar-refractivity contribution in [1.29, 1.82) is 0 Å². The smallest absolute Gasteiger partial charge is 0.0817 e. The van der Waals surface area contributed by atoms with Crippen molar-refractivity contribution in [3.63, 3.8) is 0 Å². The number of allylic oxidation sites excluding steroid dienone is 2. The summed E-state index contributed by atoms with van der Waals surface area (Å²) in [6.45, 7) is 13.7. The van der Waals surface area contributed by atoms with E-state index in [1.54, 1.807) is 12.2 Å². The maximum absolute atomic E-state index is 4.03. The molecular weight excluding hydrogens is 148 g/mol. The molecule has 0 aromatic rings. The van der Waals surface area contributed by atoms with Gasteiger partial charge in [0.15, 0.2) is 0 Å². The van der Waals surface area contributed by atoms with Gasteiger partial charge < -0.3 is 5.43 Å². The molecule has 0 heterocycles. The van der Waals surface area contributed by atoms with Gasteiger partial charge in [0.2, 0.25) is 0 Å². The highest BCUT2D eigenvalue weighted by Crippen LogP contribution is 1.91. The molecular formula is C10H16N2. The molecule has 0 aliphatic heterocycles. The van der Waals surface area contributed by atoms with Crippen LogP contribution >= 0.6 is 0 Å². The lowest BCUT2D eigenvalue weighted by atomic mass is 10.2. The van der Waals surface area contributed by atoms with Crippen molar-refractivity contribution in [3.8, 4) is 0 Å². The van der Waals surface area contributed by atoms with Crippen LogP contribution in [0, 0.1) is 5.92 Å². The summed E-state index contributed by atoms with van der Waals surface area (Å²) in [6, 6.07) is 0. The van der Waals surface area contributed by atoms with E-state index < -0.39 is 0 Å². The van der Waals surface area contributed by atoms with Crippen LogP contribution in [0.2, 0.25) is 0 Å². The number of nitrogens with one attached hydrogen (secondary N) is 1. The van der Waals surface area contributed by atoms with Crippen LogP contribution < -0.4 is 5.43 Å². The molecule has 0 fully saturated rings. The van der Waals surface area contributed by atoms with Gasteiger partial charge in [0.1, 0.15) is 0 Å². The predicted octanol–water partition coefficient (Wildman–Crippen LogP) is 2.13. The van der Waals surface area contributed by atoms with Crippen molar-refractivity contribution in [2.45, 2.75) is 6.92 Å². The van der Waals surface area contributed by atoms with E-state index in [1.165, 1.54) is 0 Å². The molecule has 0 bridgehead atoms. The van der Waals surface area contributed by atoms with Gasteiger partial charge in [-0.2, -0.15) is 5.10 Å². The molecule has 0 amide bonds. The average molecular weight is 164 g/mol. The molecule has 12 heavy (non-hydrogen) atoms. The maximum atomic E-state index is 4.03. The molecule has 0 spiro atoms. The Balaban J connectivity index is 3.78. The molecule has 0 aliphatic carbocycles. The summed E-state index contributed by atoms with van der Waals surface area (Å²) in [7, 11) is 0. The zero-order valence-electron chi connectivity index (χ0n) is 7.59. The summed E-state index contributed by atoms with van der Waals surface area (Å²) in [6.07, 6.45) is 5.18. The lowest BCUT2D eigenvalue weighted by Gasteiger charge is -2.04. The van der Waals surface area contributed by atoms with Gasteiger partial charge in [0.05, 0.1) is 5.71 Å². The largest absolute Gasteiger partial charge is 0.309 e. The third-order valence-corrected chi connectivity index (χ3v) is 1.44. The molecule has 0 aromatic heterocycles. The summed E-state index contributed by atoms with van der Waals surface area (Å²) >= 11 is 0. The minimum absolute atomic E-state index is 0.421. The Morgan fingerprint density at radius 3 is 2.42 bits per heavy atom. The van der Waals surface area contributed by atoms with Gasteiger partial charge in [-0.3, -0.25) is 0 Å². The molecule has 1 N–H and O–H groups in total. The van der Waals surface area contributed by atoms with Crippen molar-refractivity contribution < 1.29 is 0 Å². The van der Waals surface area contributed by atoms with Crippen LogP contribution in [0.1, 0.15) is 6.92 Å². The molecule has 1 unspecified atom stereocenters. The first-order valence-corrected chi connectivity index (χ1v) is 3.92. The molecule has 0 saturated heterocycles. The van der Waals surface area contributed by atoms with E-state index in [9.17, 15) is 0 Å². The average Bonchev–Trinajstić information content (AvgIpc) is 2.12. The minimum atomic E-state index is 0.421.